The Labute approximate surface area is 195 Å². The number of piperidine rings is 1. The number of hydrogen-bond donors (Lipinski definition) is 1. The van der Waals surface area contributed by atoms with E-state index in [0.29, 0.717) is 12.8 Å². The molecule has 0 bridgehead atoms. The number of ether oxygens (including phenoxy) is 1. The highest BCUT2D eigenvalue weighted by Gasteiger charge is 2.54. The molecule has 1 aliphatic carbocycles. The number of nitrogens with zero attached hydrogens (tertiary/aromatic N) is 2. The summed E-state index contributed by atoms with van der Waals surface area (Å²) in [5.74, 6) is -1.94. The molecule has 0 aromatic heterocycles. The number of carbonyl (C=O) groups is 3. The number of likely N-dealkylation sites (tertiary alicyclic amines) is 1. The SMILES string of the molecule is O=C(NC1CC1)C1COC2(CCN(C(=O)c3cccc(F)c3)CC2)N1C(=O)c1ccc(F)cc1. The van der Waals surface area contributed by atoms with Crippen LogP contribution in [-0.4, -0.2) is 65.0 Å². The Balaban J connectivity index is 1.37. The van der Waals surface area contributed by atoms with Gasteiger partial charge in [0.15, 0.2) is 0 Å². The van der Waals surface area contributed by atoms with Crippen LogP contribution in [0.15, 0.2) is 48.5 Å². The van der Waals surface area contributed by atoms with Gasteiger partial charge in [-0.15, -0.1) is 0 Å². The number of carbonyl (C=O) groups excluding carboxylic acids is 3. The predicted octanol–water partition coefficient (Wildman–Crippen LogP) is 2.72. The zero-order valence-corrected chi connectivity index (χ0v) is 18.5. The molecule has 3 aliphatic rings. The van der Waals surface area contributed by atoms with Crippen molar-refractivity contribution in [3.8, 4) is 0 Å². The van der Waals surface area contributed by atoms with Gasteiger partial charge in [-0.05, 0) is 55.3 Å². The molecule has 2 aromatic rings. The minimum Gasteiger partial charge on any atom is -0.353 e. The van der Waals surface area contributed by atoms with Crippen LogP contribution in [0.3, 0.4) is 0 Å². The van der Waals surface area contributed by atoms with Crippen LogP contribution in [0.1, 0.15) is 46.4 Å². The first-order valence-electron chi connectivity index (χ1n) is 11.4. The summed E-state index contributed by atoms with van der Waals surface area (Å²) in [7, 11) is 0. The predicted molar refractivity (Wildman–Crippen MR) is 118 cm³/mol. The molecule has 1 saturated carbocycles. The Hall–Kier alpha value is -3.33. The standard InChI is InChI=1S/C25H25F2N3O4/c26-18-6-4-16(5-7-18)24(33)30-21(22(31)28-20-8-9-20)15-34-25(30)10-12-29(13-11-25)23(32)17-2-1-3-19(27)14-17/h1-7,14,20-21H,8-13,15H2,(H,28,31). The molecule has 2 aliphatic heterocycles. The van der Waals surface area contributed by atoms with Gasteiger partial charge in [-0.25, -0.2) is 8.78 Å². The zero-order chi connectivity index (χ0) is 23.9. The summed E-state index contributed by atoms with van der Waals surface area (Å²) in [5, 5.41) is 2.94. The molecule has 2 aromatic carbocycles. The van der Waals surface area contributed by atoms with Crippen molar-refractivity contribution in [2.45, 2.75) is 43.5 Å². The number of nitrogens with one attached hydrogen (secondary N) is 1. The van der Waals surface area contributed by atoms with Crippen molar-refractivity contribution in [3.63, 3.8) is 0 Å². The van der Waals surface area contributed by atoms with Crippen LogP contribution in [0.5, 0.6) is 0 Å². The third kappa shape index (κ3) is 4.27. The van der Waals surface area contributed by atoms with Gasteiger partial charge in [0.2, 0.25) is 5.91 Å². The number of benzene rings is 2. The number of rotatable bonds is 4. The molecule has 5 rings (SSSR count). The zero-order valence-electron chi connectivity index (χ0n) is 18.5. The maximum atomic E-state index is 13.6. The average molecular weight is 469 g/mol. The van der Waals surface area contributed by atoms with E-state index in [1.807, 2.05) is 0 Å². The van der Waals surface area contributed by atoms with Crippen molar-refractivity contribution in [2.24, 2.45) is 0 Å². The van der Waals surface area contributed by atoms with Gasteiger partial charge in [-0.3, -0.25) is 19.3 Å². The molecule has 1 unspecified atom stereocenters. The summed E-state index contributed by atoms with van der Waals surface area (Å²) in [4.78, 5) is 42.4. The van der Waals surface area contributed by atoms with Gasteiger partial charge in [0, 0.05) is 43.1 Å². The summed E-state index contributed by atoms with van der Waals surface area (Å²) in [6.07, 6.45) is 2.42. The fourth-order valence-corrected chi connectivity index (χ4v) is 4.69. The molecule has 2 heterocycles. The van der Waals surface area contributed by atoms with Crippen LogP contribution in [0.4, 0.5) is 8.78 Å². The fraction of sp³-hybridized carbons (Fsp3) is 0.400. The van der Waals surface area contributed by atoms with E-state index in [-0.39, 0.29) is 48.7 Å². The van der Waals surface area contributed by atoms with Crippen LogP contribution in [0, 0.1) is 11.6 Å². The van der Waals surface area contributed by atoms with Crippen molar-refractivity contribution in [1.29, 1.82) is 0 Å². The molecule has 3 amide bonds. The number of amides is 3. The van der Waals surface area contributed by atoms with E-state index in [0.717, 1.165) is 12.8 Å². The molecule has 34 heavy (non-hydrogen) atoms. The fourth-order valence-electron chi connectivity index (χ4n) is 4.69. The largest absolute Gasteiger partial charge is 0.353 e. The maximum absolute atomic E-state index is 13.6. The first-order chi connectivity index (χ1) is 16.4. The summed E-state index contributed by atoms with van der Waals surface area (Å²) in [6, 6.07) is 10.0. The second-order valence-electron chi connectivity index (χ2n) is 9.04. The van der Waals surface area contributed by atoms with Crippen LogP contribution in [0.25, 0.3) is 0 Å². The van der Waals surface area contributed by atoms with Crippen LogP contribution in [-0.2, 0) is 9.53 Å². The van der Waals surface area contributed by atoms with Crippen LogP contribution >= 0.6 is 0 Å². The Morgan fingerprint density at radius 1 is 0.912 bits per heavy atom. The number of halogens is 2. The Morgan fingerprint density at radius 3 is 2.26 bits per heavy atom. The molecule has 9 heteroatoms. The normalized spacial score (nSPS) is 21.5. The summed E-state index contributed by atoms with van der Waals surface area (Å²) < 4.78 is 33.1. The molecule has 1 spiro atoms. The summed E-state index contributed by atoms with van der Waals surface area (Å²) in [5.41, 5.74) is -0.548. The molecule has 7 nitrogen and oxygen atoms in total. The lowest BCUT2D eigenvalue weighted by Crippen LogP contribution is -2.60. The highest BCUT2D eigenvalue weighted by atomic mass is 19.1. The third-order valence-electron chi connectivity index (χ3n) is 6.70. The monoisotopic (exact) mass is 469 g/mol. The molecule has 0 radical (unpaired) electrons. The molecular weight excluding hydrogens is 444 g/mol. The first-order valence-corrected chi connectivity index (χ1v) is 11.4. The minimum atomic E-state index is -1.06. The molecular formula is C25H25F2N3O4. The molecule has 2 saturated heterocycles. The van der Waals surface area contributed by atoms with Crippen molar-refractivity contribution >= 4 is 17.7 Å². The van der Waals surface area contributed by atoms with Crippen molar-refractivity contribution in [1.82, 2.24) is 15.1 Å². The lowest BCUT2D eigenvalue weighted by atomic mass is 9.96. The van der Waals surface area contributed by atoms with E-state index < -0.39 is 29.3 Å². The second-order valence-corrected chi connectivity index (χ2v) is 9.04. The van der Waals surface area contributed by atoms with Gasteiger partial charge in [0.1, 0.15) is 23.4 Å². The lowest BCUT2D eigenvalue weighted by Gasteiger charge is -2.44. The average Bonchev–Trinajstić information content (AvgIpc) is 3.58. The van der Waals surface area contributed by atoms with Gasteiger partial charge < -0.3 is 15.0 Å². The van der Waals surface area contributed by atoms with E-state index in [9.17, 15) is 23.2 Å². The van der Waals surface area contributed by atoms with Gasteiger partial charge in [-0.2, -0.15) is 0 Å². The van der Waals surface area contributed by atoms with Crippen molar-refractivity contribution in [2.75, 3.05) is 19.7 Å². The number of hydrogen-bond acceptors (Lipinski definition) is 4. The highest BCUT2D eigenvalue weighted by molar-refractivity contribution is 5.98. The van der Waals surface area contributed by atoms with Crippen LogP contribution < -0.4 is 5.32 Å². The van der Waals surface area contributed by atoms with Gasteiger partial charge in [-0.1, -0.05) is 6.07 Å². The van der Waals surface area contributed by atoms with Gasteiger partial charge in [0.25, 0.3) is 11.8 Å². The lowest BCUT2D eigenvalue weighted by molar-refractivity contribution is -0.128. The second kappa shape index (κ2) is 8.79. The summed E-state index contributed by atoms with van der Waals surface area (Å²) >= 11 is 0. The van der Waals surface area contributed by atoms with Crippen LogP contribution in [0.2, 0.25) is 0 Å². The van der Waals surface area contributed by atoms with E-state index >= 15 is 0 Å². The molecule has 1 N–H and O–H groups in total. The quantitative estimate of drug-likeness (QED) is 0.747. The van der Waals surface area contributed by atoms with Gasteiger partial charge in [0.05, 0.1) is 6.61 Å². The Morgan fingerprint density at radius 2 is 1.62 bits per heavy atom. The highest BCUT2D eigenvalue weighted by Crippen LogP contribution is 2.39. The molecule has 178 valence electrons. The Kier molecular flexibility index (Phi) is 5.81. The Bertz CT molecular complexity index is 1110. The smallest absolute Gasteiger partial charge is 0.256 e. The summed E-state index contributed by atoms with van der Waals surface area (Å²) in [6.45, 7) is 0.600. The minimum absolute atomic E-state index is 0.0450. The van der Waals surface area contributed by atoms with Gasteiger partial charge >= 0.3 is 0 Å². The first kappa shape index (κ1) is 22.5. The topological polar surface area (TPSA) is 79.0 Å². The van der Waals surface area contributed by atoms with E-state index in [4.69, 9.17) is 4.74 Å². The van der Waals surface area contributed by atoms with Crippen molar-refractivity contribution < 1.29 is 27.9 Å². The maximum Gasteiger partial charge on any atom is 0.256 e. The van der Waals surface area contributed by atoms with Crippen molar-refractivity contribution in [3.05, 3.63) is 71.3 Å². The third-order valence-corrected chi connectivity index (χ3v) is 6.70. The van der Waals surface area contributed by atoms with E-state index in [1.165, 1.54) is 47.4 Å². The molecule has 3 fully saturated rings. The molecule has 1 atom stereocenters. The van der Waals surface area contributed by atoms with E-state index in [1.54, 1.807) is 11.0 Å². The van der Waals surface area contributed by atoms with E-state index in [2.05, 4.69) is 5.32 Å².